The largest absolute Gasteiger partial charge is 0.491 e. The Labute approximate surface area is 218 Å². The summed E-state index contributed by atoms with van der Waals surface area (Å²) in [5, 5.41) is 2.89. The summed E-state index contributed by atoms with van der Waals surface area (Å²) in [7, 11) is 0. The van der Waals surface area contributed by atoms with Crippen molar-refractivity contribution >= 4 is 11.8 Å². The average Bonchev–Trinajstić information content (AvgIpc) is 2.93. The van der Waals surface area contributed by atoms with Crippen LogP contribution in [0.4, 0.5) is 0 Å². The molecule has 2 bridgehead atoms. The number of ether oxygens (including phenoxy) is 2. The number of fused-ring (bicyclic) bond motifs is 3. The van der Waals surface area contributed by atoms with E-state index in [1.165, 1.54) is 5.56 Å². The zero-order chi connectivity index (χ0) is 25.5. The molecule has 0 aliphatic carbocycles. The highest BCUT2D eigenvalue weighted by atomic mass is 16.5. The van der Waals surface area contributed by atoms with Gasteiger partial charge in [-0.25, -0.2) is 0 Å². The van der Waals surface area contributed by atoms with Gasteiger partial charge in [-0.1, -0.05) is 42.5 Å². The molecule has 0 saturated carbocycles. The smallest absolute Gasteiger partial charge is 0.253 e. The molecule has 2 amide bonds. The number of amides is 2. The number of benzene rings is 3. The molecule has 192 valence electrons. The quantitative estimate of drug-likeness (QED) is 0.577. The molecule has 3 aromatic rings. The summed E-state index contributed by atoms with van der Waals surface area (Å²) in [5.41, 5.74) is 4.58. The number of likely N-dealkylation sites (tertiary alicyclic amines) is 1. The van der Waals surface area contributed by atoms with Crippen molar-refractivity contribution in [3.8, 4) is 5.75 Å². The van der Waals surface area contributed by atoms with Crippen molar-refractivity contribution in [3.63, 3.8) is 0 Å². The van der Waals surface area contributed by atoms with Crippen LogP contribution >= 0.6 is 0 Å². The molecule has 0 atom stereocenters. The van der Waals surface area contributed by atoms with Crippen molar-refractivity contribution < 1.29 is 19.1 Å². The Bertz CT molecular complexity index is 1220. The fourth-order valence-electron chi connectivity index (χ4n) is 5.16. The summed E-state index contributed by atoms with van der Waals surface area (Å²) in [4.78, 5) is 27.9. The van der Waals surface area contributed by atoms with Crippen molar-refractivity contribution in [2.45, 2.75) is 25.7 Å². The van der Waals surface area contributed by atoms with Crippen LogP contribution < -0.4 is 10.1 Å². The van der Waals surface area contributed by atoms with Gasteiger partial charge in [0, 0.05) is 37.2 Å². The van der Waals surface area contributed by atoms with Gasteiger partial charge in [0.15, 0.2) is 0 Å². The van der Waals surface area contributed by atoms with Crippen LogP contribution in [0, 0.1) is 5.92 Å². The summed E-state index contributed by atoms with van der Waals surface area (Å²) >= 11 is 0. The summed E-state index contributed by atoms with van der Waals surface area (Å²) in [5.74, 6) is 1.31. The fraction of sp³-hybridized carbons (Fsp3) is 0.355. The van der Waals surface area contributed by atoms with Crippen LogP contribution in [0.1, 0.15) is 50.2 Å². The molecular formula is C31H34N2O4. The minimum atomic E-state index is -0.112. The van der Waals surface area contributed by atoms with Gasteiger partial charge in [0.25, 0.3) is 11.8 Å². The highest BCUT2D eigenvalue weighted by Gasteiger charge is 2.24. The maximum absolute atomic E-state index is 13.4. The summed E-state index contributed by atoms with van der Waals surface area (Å²) in [6.07, 6.45) is 3.67. The van der Waals surface area contributed by atoms with Gasteiger partial charge in [0.2, 0.25) is 0 Å². The summed E-state index contributed by atoms with van der Waals surface area (Å²) in [6.45, 7) is 3.27. The minimum Gasteiger partial charge on any atom is -0.491 e. The summed E-state index contributed by atoms with van der Waals surface area (Å²) in [6, 6.07) is 23.9. The Morgan fingerprint density at radius 2 is 1.76 bits per heavy atom. The monoisotopic (exact) mass is 498 g/mol. The molecule has 0 unspecified atom stereocenters. The third kappa shape index (κ3) is 6.57. The van der Waals surface area contributed by atoms with Crippen molar-refractivity contribution in [2.75, 3.05) is 39.5 Å². The van der Waals surface area contributed by atoms with Crippen molar-refractivity contribution in [1.29, 1.82) is 0 Å². The number of piperidine rings is 1. The molecule has 1 N–H and O–H groups in total. The molecule has 5 rings (SSSR count). The van der Waals surface area contributed by atoms with Crippen molar-refractivity contribution in [1.82, 2.24) is 10.2 Å². The number of hydrogen-bond acceptors (Lipinski definition) is 4. The van der Waals surface area contributed by atoms with E-state index in [4.69, 9.17) is 9.47 Å². The van der Waals surface area contributed by atoms with E-state index in [2.05, 4.69) is 29.6 Å². The molecule has 6 heteroatoms. The van der Waals surface area contributed by atoms with Crippen LogP contribution in [0.2, 0.25) is 0 Å². The van der Waals surface area contributed by atoms with Crippen LogP contribution in [0.3, 0.4) is 0 Å². The lowest BCUT2D eigenvalue weighted by Gasteiger charge is -2.32. The third-order valence-corrected chi connectivity index (χ3v) is 7.18. The molecule has 1 fully saturated rings. The van der Waals surface area contributed by atoms with E-state index in [0.29, 0.717) is 49.8 Å². The van der Waals surface area contributed by atoms with E-state index < -0.39 is 0 Å². The van der Waals surface area contributed by atoms with Gasteiger partial charge in [0.1, 0.15) is 12.4 Å². The minimum absolute atomic E-state index is 0.0665. The molecule has 2 aliphatic heterocycles. The van der Waals surface area contributed by atoms with Gasteiger partial charge in [-0.3, -0.25) is 9.59 Å². The van der Waals surface area contributed by atoms with Gasteiger partial charge in [-0.2, -0.15) is 0 Å². The Hall–Kier alpha value is -3.64. The predicted molar refractivity (Wildman–Crippen MR) is 143 cm³/mol. The van der Waals surface area contributed by atoms with Gasteiger partial charge >= 0.3 is 0 Å². The Morgan fingerprint density at radius 1 is 0.919 bits per heavy atom. The maximum atomic E-state index is 13.4. The highest BCUT2D eigenvalue weighted by molar-refractivity contribution is 5.95. The summed E-state index contributed by atoms with van der Waals surface area (Å²) < 4.78 is 11.6. The van der Waals surface area contributed by atoms with E-state index >= 15 is 0 Å². The first-order valence-electron chi connectivity index (χ1n) is 13.2. The lowest BCUT2D eigenvalue weighted by molar-refractivity contribution is 0.0690. The number of rotatable bonds is 3. The van der Waals surface area contributed by atoms with E-state index in [-0.39, 0.29) is 11.8 Å². The highest BCUT2D eigenvalue weighted by Crippen LogP contribution is 2.27. The molecule has 0 radical (unpaired) electrons. The Balaban J connectivity index is 1.30. The van der Waals surface area contributed by atoms with E-state index in [0.717, 1.165) is 49.2 Å². The van der Waals surface area contributed by atoms with Crippen LogP contribution in [0.25, 0.3) is 0 Å². The Kier molecular flexibility index (Phi) is 8.16. The zero-order valence-corrected chi connectivity index (χ0v) is 21.2. The molecule has 2 aliphatic rings. The lowest BCUT2D eigenvalue weighted by Crippen LogP contribution is -2.39. The lowest BCUT2D eigenvalue weighted by atomic mass is 9.90. The molecule has 3 aromatic carbocycles. The SMILES string of the molecule is O=C1NCCOCCOc2ccc(C(=O)N3CCC(Cc4ccccc4)CC3)cc2Cc2cccc1c2. The Morgan fingerprint density at radius 3 is 2.59 bits per heavy atom. The number of nitrogens with zero attached hydrogens (tertiary/aromatic N) is 1. The fourth-order valence-corrected chi connectivity index (χ4v) is 5.16. The number of nitrogens with one attached hydrogen (secondary N) is 1. The van der Waals surface area contributed by atoms with Gasteiger partial charge < -0.3 is 19.7 Å². The molecule has 6 nitrogen and oxygen atoms in total. The van der Waals surface area contributed by atoms with Crippen molar-refractivity contribution in [2.24, 2.45) is 5.92 Å². The van der Waals surface area contributed by atoms with Crippen LogP contribution in [-0.2, 0) is 17.6 Å². The van der Waals surface area contributed by atoms with Gasteiger partial charge in [0.05, 0.1) is 13.2 Å². The molecule has 0 spiro atoms. The molecule has 1 saturated heterocycles. The molecule has 0 aromatic heterocycles. The second kappa shape index (κ2) is 12.1. The first-order valence-corrected chi connectivity index (χ1v) is 13.2. The van der Waals surface area contributed by atoms with E-state index in [9.17, 15) is 9.59 Å². The normalized spacial score (nSPS) is 17.2. The zero-order valence-electron chi connectivity index (χ0n) is 21.2. The molecule has 37 heavy (non-hydrogen) atoms. The van der Waals surface area contributed by atoms with Gasteiger partial charge in [-0.05, 0) is 72.2 Å². The first kappa shape index (κ1) is 25.0. The number of carbonyl (C=O) groups is 2. The number of carbonyl (C=O) groups excluding carboxylic acids is 2. The van der Waals surface area contributed by atoms with Gasteiger partial charge in [-0.15, -0.1) is 0 Å². The van der Waals surface area contributed by atoms with E-state index in [1.807, 2.05) is 53.4 Å². The van der Waals surface area contributed by atoms with Crippen molar-refractivity contribution in [3.05, 3.63) is 101 Å². The first-order chi connectivity index (χ1) is 18.2. The second-order valence-corrected chi connectivity index (χ2v) is 9.84. The third-order valence-electron chi connectivity index (χ3n) is 7.18. The topological polar surface area (TPSA) is 67.9 Å². The van der Waals surface area contributed by atoms with Crippen LogP contribution in [-0.4, -0.2) is 56.2 Å². The molecular weight excluding hydrogens is 464 g/mol. The number of hydrogen-bond donors (Lipinski definition) is 1. The van der Waals surface area contributed by atoms with E-state index in [1.54, 1.807) is 0 Å². The second-order valence-electron chi connectivity index (χ2n) is 9.84. The molecule has 2 heterocycles. The average molecular weight is 499 g/mol. The van der Waals surface area contributed by atoms with Crippen LogP contribution in [0.5, 0.6) is 5.75 Å². The van der Waals surface area contributed by atoms with Crippen LogP contribution in [0.15, 0.2) is 72.8 Å². The predicted octanol–water partition coefficient (Wildman–Crippen LogP) is 4.51. The standard InChI is InChI=1S/C31H34N2O4/c34-30-26-8-4-7-25(20-26)21-28-22-27(9-10-29(28)37-18-17-36-16-13-32-30)31(35)33-14-11-24(12-15-33)19-23-5-2-1-3-6-23/h1-10,20,22,24H,11-19,21H2,(H,32,34). The maximum Gasteiger partial charge on any atom is 0.253 e.